The lowest BCUT2D eigenvalue weighted by Gasteiger charge is -2.35. The average Bonchev–Trinajstić information content (AvgIpc) is 3.43. The highest BCUT2D eigenvalue weighted by atomic mass is 16.2. The van der Waals surface area contributed by atoms with Gasteiger partial charge in [0.25, 0.3) is 0 Å². The quantitative estimate of drug-likeness (QED) is 0.492. The molecule has 0 aromatic heterocycles. The van der Waals surface area contributed by atoms with Crippen molar-refractivity contribution in [2.45, 2.75) is 52.0 Å². The van der Waals surface area contributed by atoms with Gasteiger partial charge < -0.3 is 25.3 Å². The summed E-state index contributed by atoms with van der Waals surface area (Å²) >= 11 is 0. The number of hydrogen-bond donors (Lipinski definition) is 2. The Hall–Kier alpha value is -1.34. The van der Waals surface area contributed by atoms with Crippen LogP contribution < -0.4 is 10.6 Å². The highest BCUT2D eigenvalue weighted by molar-refractivity contribution is 5.81. The fourth-order valence-corrected chi connectivity index (χ4v) is 4.96. The molecule has 0 spiro atoms. The number of likely N-dealkylation sites (tertiary alicyclic amines) is 1. The normalized spacial score (nSPS) is 26.1. The van der Waals surface area contributed by atoms with Crippen molar-refractivity contribution in [3.63, 3.8) is 0 Å². The Morgan fingerprint density at radius 2 is 1.76 bits per heavy atom. The van der Waals surface area contributed by atoms with Gasteiger partial charge in [0.2, 0.25) is 5.91 Å². The van der Waals surface area contributed by atoms with E-state index in [1.165, 1.54) is 39.0 Å². The van der Waals surface area contributed by atoms with Crippen molar-refractivity contribution in [2.75, 3.05) is 66.0 Å². The third-order valence-electron chi connectivity index (χ3n) is 6.87. The van der Waals surface area contributed by atoms with Crippen LogP contribution in [0.5, 0.6) is 0 Å². The van der Waals surface area contributed by atoms with E-state index in [0.717, 1.165) is 57.9 Å². The zero-order chi connectivity index (χ0) is 20.6. The van der Waals surface area contributed by atoms with Gasteiger partial charge in [-0.3, -0.25) is 9.79 Å². The molecule has 1 amide bonds. The number of carbonyl (C=O) groups excluding carboxylic acids is 1. The van der Waals surface area contributed by atoms with Gasteiger partial charge in [0, 0.05) is 71.4 Å². The molecule has 1 saturated carbocycles. The van der Waals surface area contributed by atoms with Crippen molar-refractivity contribution in [3.05, 3.63) is 0 Å². The molecule has 3 aliphatic rings. The minimum atomic E-state index is 0.284. The molecule has 0 aromatic carbocycles. The van der Waals surface area contributed by atoms with Crippen LogP contribution in [0.3, 0.4) is 0 Å². The summed E-state index contributed by atoms with van der Waals surface area (Å²) in [7, 11) is 1.83. The number of likely N-dealkylation sites (N-methyl/N-ethyl adjacent to an activating group) is 1. The third-order valence-corrected chi connectivity index (χ3v) is 6.87. The minimum Gasteiger partial charge on any atom is -0.356 e. The van der Waals surface area contributed by atoms with Crippen LogP contribution in [-0.4, -0.2) is 98.6 Å². The van der Waals surface area contributed by atoms with Gasteiger partial charge in [0.05, 0.1) is 0 Å². The molecule has 2 atom stereocenters. The monoisotopic (exact) mass is 406 g/mol. The van der Waals surface area contributed by atoms with E-state index in [1.54, 1.807) is 0 Å². The zero-order valence-corrected chi connectivity index (χ0v) is 18.8. The van der Waals surface area contributed by atoms with Gasteiger partial charge in [-0.05, 0) is 31.7 Å². The van der Waals surface area contributed by atoms with Crippen LogP contribution in [0.1, 0.15) is 46.0 Å². The van der Waals surface area contributed by atoms with Crippen LogP contribution in [-0.2, 0) is 4.79 Å². The molecule has 1 aliphatic carbocycles. The number of aliphatic imine (C=N–C) groups is 1. The van der Waals surface area contributed by atoms with Gasteiger partial charge in [-0.15, -0.1) is 0 Å². The van der Waals surface area contributed by atoms with E-state index in [0.29, 0.717) is 17.9 Å². The molecule has 2 unspecified atom stereocenters. The average molecular weight is 407 g/mol. The molecule has 7 heteroatoms. The van der Waals surface area contributed by atoms with E-state index in [4.69, 9.17) is 0 Å². The van der Waals surface area contributed by atoms with Crippen LogP contribution in [0.2, 0.25) is 0 Å². The Morgan fingerprint density at radius 3 is 2.41 bits per heavy atom. The van der Waals surface area contributed by atoms with Crippen molar-refractivity contribution in [1.82, 2.24) is 25.3 Å². The summed E-state index contributed by atoms with van der Waals surface area (Å²) in [5.74, 6) is 2.11. The maximum absolute atomic E-state index is 12.6. The van der Waals surface area contributed by atoms with Crippen molar-refractivity contribution >= 4 is 11.9 Å². The summed E-state index contributed by atoms with van der Waals surface area (Å²) in [6.45, 7) is 14.2. The number of carbonyl (C=O) groups is 1. The second-order valence-electron chi connectivity index (χ2n) is 9.19. The third kappa shape index (κ3) is 6.57. The minimum absolute atomic E-state index is 0.284. The molecule has 29 heavy (non-hydrogen) atoms. The Kier molecular flexibility index (Phi) is 8.60. The number of amides is 1. The van der Waals surface area contributed by atoms with Crippen LogP contribution in [0.25, 0.3) is 0 Å². The molecule has 2 aliphatic heterocycles. The number of hydrogen-bond acceptors (Lipinski definition) is 4. The lowest BCUT2D eigenvalue weighted by Crippen LogP contribution is -2.49. The fourth-order valence-electron chi connectivity index (χ4n) is 4.96. The van der Waals surface area contributed by atoms with E-state index >= 15 is 0 Å². The maximum atomic E-state index is 12.6. The molecule has 3 rings (SSSR count). The second kappa shape index (κ2) is 11.2. The van der Waals surface area contributed by atoms with Crippen molar-refractivity contribution in [2.24, 2.45) is 16.8 Å². The Bertz CT molecular complexity index is 539. The molecule has 0 bridgehead atoms. The van der Waals surface area contributed by atoms with Crippen LogP contribution in [0.15, 0.2) is 4.99 Å². The predicted octanol–water partition coefficient (Wildman–Crippen LogP) is 1.22. The van der Waals surface area contributed by atoms with Crippen molar-refractivity contribution in [1.29, 1.82) is 0 Å². The highest BCUT2D eigenvalue weighted by Crippen LogP contribution is 2.27. The predicted molar refractivity (Wildman–Crippen MR) is 119 cm³/mol. The molecule has 166 valence electrons. The topological polar surface area (TPSA) is 63.2 Å². The number of guanidine groups is 1. The molecule has 3 fully saturated rings. The van der Waals surface area contributed by atoms with Crippen LogP contribution >= 0.6 is 0 Å². The standard InChI is InChI=1S/C22H42N6O/c1-4-26-11-13-27(14-12-26)16-18(2)15-24-22(23-3)25-20-9-10-28(17-20)21(29)19-7-5-6-8-19/h18-20H,4-17H2,1-3H3,(H2,23,24,25). The first kappa shape index (κ1) is 22.3. The van der Waals surface area contributed by atoms with Gasteiger partial charge in [0.1, 0.15) is 0 Å². The SMILES string of the molecule is CCN1CCN(CC(C)CNC(=NC)NC2CCN(C(=O)C3CCCC3)C2)CC1. The van der Waals surface area contributed by atoms with E-state index < -0.39 is 0 Å². The highest BCUT2D eigenvalue weighted by Gasteiger charge is 2.32. The number of nitrogens with one attached hydrogen (secondary N) is 2. The summed E-state index contributed by atoms with van der Waals surface area (Å²) in [4.78, 5) is 24.2. The van der Waals surface area contributed by atoms with Crippen molar-refractivity contribution < 1.29 is 4.79 Å². The smallest absolute Gasteiger partial charge is 0.225 e. The first-order valence-electron chi connectivity index (χ1n) is 11.8. The molecule has 2 saturated heterocycles. The summed E-state index contributed by atoms with van der Waals surface area (Å²) in [5.41, 5.74) is 0. The Morgan fingerprint density at radius 1 is 1.07 bits per heavy atom. The first-order valence-corrected chi connectivity index (χ1v) is 11.8. The van der Waals surface area contributed by atoms with E-state index in [2.05, 4.69) is 44.2 Å². The molecule has 2 heterocycles. The van der Waals surface area contributed by atoms with Gasteiger partial charge in [-0.25, -0.2) is 0 Å². The Balaban J connectivity index is 1.34. The van der Waals surface area contributed by atoms with Gasteiger partial charge in [0.15, 0.2) is 5.96 Å². The van der Waals surface area contributed by atoms with E-state index in [1.807, 2.05) is 7.05 Å². The zero-order valence-electron chi connectivity index (χ0n) is 18.8. The molecular weight excluding hydrogens is 364 g/mol. The van der Waals surface area contributed by atoms with Crippen LogP contribution in [0.4, 0.5) is 0 Å². The van der Waals surface area contributed by atoms with E-state index in [-0.39, 0.29) is 5.92 Å². The number of piperazine rings is 1. The lowest BCUT2D eigenvalue weighted by atomic mass is 10.1. The Labute approximate surface area is 177 Å². The van der Waals surface area contributed by atoms with Crippen molar-refractivity contribution in [3.8, 4) is 0 Å². The number of rotatable bonds is 7. The fraction of sp³-hybridized carbons (Fsp3) is 0.909. The summed E-state index contributed by atoms with van der Waals surface area (Å²) in [6.07, 6.45) is 5.62. The molecule has 7 nitrogen and oxygen atoms in total. The largest absolute Gasteiger partial charge is 0.356 e. The summed E-state index contributed by atoms with van der Waals surface area (Å²) in [5, 5.41) is 7.04. The van der Waals surface area contributed by atoms with Gasteiger partial charge in [-0.1, -0.05) is 26.7 Å². The van der Waals surface area contributed by atoms with Gasteiger partial charge in [-0.2, -0.15) is 0 Å². The molecular formula is C22H42N6O. The maximum Gasteiger partial charge on any atom is 0.225 e. The molecule has 0 radical (unpaired) electrons. The lowest BCUT2D eigenvalue weighted by molar-refractivity contribution is -0.134. The summed E-state index contributed by atoms with van der Waals surface area (Å²) in [6, 6.07) is 0.309. The molecule has 0 aromatic rings. The first-order chi connectivity index (χ1) is 14.1. The van der Waals surface area contributed by atoms with Gasteiger partial charge >= 0.3 is 0 Å². The summed E-state index contributed by atoms with van der Waals surface area (Å²) < 4.78 is 0. The number of nitrogens with zero attached hydrogens (tertiary/aromatic N) is 4. The second-order valence-corrected chi connectivity index (χ2v) is 9.19. The molecule has 2 N–H and O–H groups in total. The van der Waals surface area contributed by atoms with Crippen LogP contribution in [0, 0.1) is 11.8 Å². The van der Waals surface area contributed by atoms with E-state index in [9.17, 15) is 4.79 Å².